The van der Waals surface area contributed by atoms with Crippen LogP contribution in [0.1, 0.15) is 22.6 Å². The molecule has 3 aromatic carbocycles. The summed E-state index contributed by atoms with van der Waals surface area (Å²) in [6, 6.07) is 32.4. The van der Waals surface area contributed by atoms with E-state index < -0.39 is 0 Å². The lowest BCUT2D eigenvalue weighted by atomic mass is 9.81. The molecular formula is C25H22. The fourth-order valence-corrected chi connectivity index (χ4v) is 3.71. The van der Waals surface area contributed by atoms with Gasteiger partial charge in [-0.2, -0.15) is 0 Å². The van der Waals surface area contributed by atoms with Gasteiger partial charge in [0.1, 0.15) is 0 Å². The van der Waals surface area contributed by atoms with Gasteiger partial charge in [0.2, 0.25) is 0 Å². The largest absolute Gasteiger partial charge is 0.0764 e. The van der Waals surface area contributed by atoms with Gasteiger partial charge in [0.05, 0.1) is 0 Å². The van der Waals surface area contributed by atoms with Gasteiger partial charge in [0, 0.05) is 11.8 Å². The highest BCUT2D eigenvalue weighted by molar-refractivity contribution is 5.42. The van der Waals surface area contributed by atoms with E-state index in [0.717, 1.165) is 6.42 Å². The summed E-state index contributed by atoms with van der Waals surface area (Å²) in [5.41, 5.74) is 5.53. The van der Waals surface area contributed by atoms with Crippen LogP contribution >= 0.6 is 0 Å². The van der Waals surface area contributed by atoms with Crippen LogP contribution in [0.15, 0.2) is 115 Å². The summed E-state index contributed by atoms with van der Waals surface area (Å²) < 4.78 is 0. The number of allylic oxidation sites excluding steroid dienone is 4. The van der Waals surface area contributed by atoms with Gasteiger partial charge >= 0.3 is 0 Å². The van der Waals surface area contributed by atoms with Crippen molar-refractivity contribution < 1.29 is 0 Å². The molecule has 25 heavy (non-hydrogen) atoms. The molecule has 0 bridgehead atoms. The molecule has 1 aliphatic carbocycles. The van der Waals surface area contributed by atoms with Crippen molar-refractivity contribution >= 4 is 0 Å². The molecule has 0 fully saturated rings. The van der Waals surface area contributed by atoms with Gasteiger partial charge in [0.15, 0.2) is 0 Å². The van der Waals surface area contributed by atoms with E-state index in [9.17, 15) is 0 Å². The van der Waals surface area contributed by atoms with Crippen LogP contribution in [0.25, 0.3) is 0 Å². The molecule has 0 saturated carbocycles. The van der Waals surface area contributed by atoms with Crippen molar-refractivity contribution in [1.82, 2.24) is 0 Å². The van der Waals surface area contributed by atoms with Crippen LogP contribution in [0.3, 0.4) is 0 Å². The summed E-state index contributed by atoms with van der Waals surface area (Å²) in [5.74, 6) is 0.774. The zero-order valence-electron chi connectivity index (χ0n) is 14.3. The second-order valence-electron chi connectivity index (χ2n) is 6.64. The Bertz CT molecular complexity index is 818. The molecule has 0 N–H and O–H groups in total. The fraction of sp³-hybridized carbons (Fsp3) is 0.120. The van der Waals surface area contributed by atoms with Crippen LogP contribution < -0.4 is 0 Å². The highest BCUT2D eigenvalue weighted by atomic mass is 14.3. The van der Waals surface area contributed by atoms with Crippen LogP contribution in [-0.4, -0.2) is 0 Å². The maximum Gasteiger partial charge on any atom is 0.0187 e. The van der Waals surface area contributed by atoms with Gasteiger partial charge in [-0.05, 0) is 28.7 Å². The number of benzene rings is 3. The molecule has 0 amide bonds. The Kier molecular flexibility index (Phi) is 4.61. The topological polar surface area (TPSA) is 0 Å². The van der Waals surface area contributed by atoms with Gasteiger partial charge in [-0.15, -0.1) is 0 Å². The number of hydrogen-bond donors (Lipinski definition) is 0. The van der Waals surface area contributed by atoms with E-state index in [2.05, 4.69) is 109 Å². The van der Waals surface area contributed by atoms with E-state index in [0.29, 0.717) is 11.8 Å². The number of hydrogen-bond acceptors (Lipinski definition) is 0. The maximum absolute atomic E-state index is 2.44. The zero-order valence-corrected chi connectivity index (χ0v) is 14.3. The minimum atomic E-state index is 0.368. The zero-order chi connectivity index (χ0) is 16.9. The summed E-state index contributed by atoms with van der Waals surface area (Å²) >= 11 is 0. The molecule has 0 nitrogen and oxygen atoms in total. The molecule has 4 rings (SSSR count). The Hall–Kier alpha value is -2.86. The van der Waals surface area contributed by atoms with Crippen molar-refractivity contribution in [3.8, 4) is 0 Å². The van der Waals surface area contributed by atoms with E-state index in [1.165, 1.54) is 22.3 Å². The smallest absolute Gasteiger partial charge is 0.0187 e. The average Bonchev–Trinajstić information content (AvgIpc) is 3.12. The highest BCUT2D eigenvalue weighted by Crippen LogP contribution is 2.37. The normalized spacial score (nSPS) is 16.2. The molecule has 0 spiro atoms. The first kappa shape index (κ1) is 15.7. The highest BCUT2D eigenvalue weighted by Gasteiger charge is 2.24. The first-order chi connectivity index (χ1) is 12.4. The third-order valence-electron chi connectivity index (χ3n) is 4.89. The number of rotatable bonds is 5. The Balaban J connectivity index is 1.64. The quantitative estimate of drug-likeness (QED) is 0.526. The SMILES string of the molecule is C1=CC(C(c2ccccc2)c2ccccc2)C=C1Cc1ccccc1. The van der Waals surface area contributed by atoms with Crippen LogP contribution in [0, 0.1) is 5.92 Å². The second kappa shape index (κ2) is 7.36. The van der Waals surface area contributed by atoms with Gasteiger partial charge in [-0.3, -0.25) is 0 Å². The molecule has 1 aliphatic rings. The van der Waals surface area contributed by atoms with Gasteiger partial charge in [-0.25, -0.2) is 0 Å². The van der Waals surface area contributed by atoms with Crippen molar-refractivity contribution in [1.29, 1.82) is 0 Å². The molecule has 0 aliphatic heterocycles. The van der Waals surface area contributed by atoms with Crippen molar-refractivity contribution in [2.24, 2.45) is 5.92 Å². The van der Waals surface area contributed by atoms with Gasteiger partial charge in [0.25, 0.3) is 0 Å². The van der Waals surface area contributed by atoms with Crippen molar-refractivity contribution in [3.05, 3.63) is 131 Å². The minimum Gasteiger partial charge on any atom is -0.0764 e. The third kappa shape index (κ3) is 3.64. The third-order valence-corrected chi connectivity index (χ3v) is 4.89. The molecule has 3 aromatic rings. The molecule has 0 saturated heterocycles. The molecule has 1 atom stereocenters. The summed E-state index contributed by atoms with van der Waals surface area (Å²) in [6.07, 6.45) is 8.11. The van der Waals surface area contributed by atoms with Crippen LogP contribution in [0.5, 0.6) is 0 Å². The Labute approximate surface area is 150 Å². The van der Waals surface area contributed by atoms with E-state index in [4.69, 9.17) is 0 Å². The lowest BCUT2D eigenvalue weighted by Gasteiger charge is -2.22. The summed E-state index contributed by atoms with van der Waals surface area (Å²) in [7, 11) is 0. The van der Waals surface area contributed by atoms with Crippen molar-refractivity contribution in [3.63, 3.8) is 0 Å². The molecule has 122 valence electrons. The Morgan fingerprint density at radius 2 is 1.16 bits per heavy atom. The second-order valence-corrected chi connectivity index (χ2v) is 6.64. The van der Waals surface area contributed by atoms with Gasteiger partial charge in [-0.1, -0.05) is 109 Å². The molecular weight excluding hydrogens is 300 g/mol. The maximum atomic E-state index is 2.44. The van der Waals surface area contributed by atoms with E-state index in [1.54, 1.807) is 0 Å². The lowest BCUT2D eigenvalue weighted by Crippen LogP contribution is -2.09. The lowest BCUT2D eigenvalue weighted by molar-refractivity contribution is 0.691. The molecule has 0 aromatic heterocycles. The summed E-state index contributed by atoms with van der Waals surface area (Å²) in [4.78, 5) is 0. The van der Waals surface area contributed by atoms with E-state index in [-0.39, 0.29) is 0 Å². The van der Waals surface area contributed by atoms with Crippen molar-refractivity contribution in [2.45, 2.75) is 12.3 Å². The predicted molar refractivity (Wildman–Crippen MR) is 106 cm³/mol. The molecule has 1 unspecified atom stereocenters. The monoisotopic (exact) mass is 322 g/mol. The fourth-order valence-electron chi connectivity index (χ4n) is 3.71. The van der Waals surface area contributed by atoms with E-state index in [1.807, 2.05) is 0 Å². The first-order valence-corrected chi connectivity index (χ1v) is 8.93. The standard InChI is InChI=1S/C25H22/c1-4-10-20(11-5-1)18-21-16-17-24(19-21)25(22-12-6-2-7-13-22)23-14-8-3-9-15-23/h1-17,19,24-25H,18H2. The molecule has 0 heteroatoms. The van der Waals surface area contributed by atoms with Crippen molar-refractivity contribution in [2.75, 3.05) is 0 Å². The summed E-state index contributed by atoms with van der Waals surface area (Å²) in [6.45, 7) is 0. The molecule has 0 heterocycles. The van der Waals surface area contributed by atoms with E-state index >= 15 is 0 Å². The first-order valence-electron chi connectivity index (χ1n) is 8.93. The average molecular weight is 322 g/mol. The van der Waals surface area contributed by atoms with Crippen LogP contribution in [0.4, 0.5) is 0 Å². The Morgan fingerprint density at radius 3 is 1.72 bits per heavy atom. The predicted octanol–water partition coefficient (Wildman–Crippen LogP) is 6.17. The van der Waals surface area contributed by atoms with Gasteiger partial charge < -0.3 is 0 Å². The minimum absolute atomic E-state index is 0.368. The van der Waals surface area contributed by atoms with Crippen LogP contribution in [-0.2, 0) is 6.42 Å². The molecule has 0 radical (unpaired) electrons. The Morgan fingerprint density at radius 1 is 0.640 bits per heavy atom. The summed E-state index contributed by atoms with van der Waals surface area (Å²) in [5, 5.41) is 0. The van der Waals surface area contributed by atoms with Crippen LogP contribution in [0.2, 0.25) is 0 Å².